The van der Waals surface area contributed by atoms with Crippen LogP contribution >= 0.6 is 0 Å². The minimum atomic E-state index is -0.988. The Morgan fingerprint density at radius 1 is 1.11 bits per heavy atom. The van der Waals surface area contributed by atoms with E-state index in [-0.39, 0.29) is 5.56 Å². The van der Waals surface area contributed by atoms with E-state index in [1.54, 1.807) is 18.3 Å². The van der Waals surface area contributed by atoms with Crippen molar-refractivity contribution < 1.29 is 9.90 Å². The lowest BCUT2D eigenvalue weighted by Crippen LogP contribution is -2.02. The topological polar surface area (TPSA) is 78.9 Å². The zero-order chi connectivity index (χ0) is 19.6. The van der Waals surface area contributed by atoms with Crippen LogP contribution < -0.4 is 0 Å². The number of carboxylic acid groups (broad SMARTS) is 1. The van der Waals surface area contributed by atoms with Gasteiger partial charge in [-0.3, -0.25) is 0 Å². The van der Waals surface area contributed by atoms with Gasteiger partial charge in [0.15, 0.2) is 0 Å². The number of aromatic carboxylic acids is 1. The molecule has 0 aliphatic rings. The summed E-state index contributed by atoms with van der Waals surface area (Å²) >= 11 is 0. The fourth-order valence-corrected chi connectivity index (χ4v) is 3.06. The van der Waals surface area contributed by atoms with Crippen LogP contribution in [0, 0.1) is 32.1 Å². The largest absolute Gasteiger partial charge is 0.478 e. The summed E-state index contributed by atoms with van der Waals surface area (Å²) in [6, 6.07) is 14.5. The highest BCUT2D eigenvalue weighted by atomic mass is 16.4. The number of nitrogens with zero attached hydrogens (tertiary/aromatic N) is 3. The monoisotopic (exact) mass is 357 g/mol. The molecule has 3 aromatic rings. The van der Waals surface area contributed by atoms with Crippen molar-refractivity contribution in [1.29, 1.82) is 5.26 Å². The average molecular weight is 357 g/mol. The summed E-state index contributed by atoms with van der Waals surface area (Å²) in [6.45, 7) is 6.02. The number of rotatable bonds is 4. The number of carbonyl (C=O) groups is 1. The first kappa shape index (κ1) is 18.2. The summed E-state index contributed by atoms with van der Waals surface area (Å²) in [6.07, 6.45) is 3.61. The Bertz CT molecular complexity index is 1080. The molecule has 3 rings (SSSR count). The molecule has 5 nitrogen and oxygen atoms in total. The van der Waals surface area contributed by atoms with E-state index in [2.05, 4.69) is 15.6 Å². The van der Waals surface area contributed by atoms with Gasteiger partial charge in [-0.2, -0.15) is 5.26 Å². The highest BCUT2D eigenvalue weighted by Crippen LogP contribution is 2.25. The molecular formula is C22H19N3O2. The zero-order valence-electron chi connectivity index (χ0n) is 15.4. The molecule has 0 aliphatic carbocycles. The molecule has 0 bridgehead atoms. The number of nitriles is 1. The van der Waals surface area contributed by atoms with Gasteiger partial charge in [-0.15, -0.1) is 0 Å². The number of hydrogen-bond acceptors (Lipinski definition) is 3. The van der Waals surface area contributed by atoms with Crippen LogP contribution in [0.2, 0.25) is 0 Å². The molecule has 1 aromatic carbocycles. The van der Waals surface area contributed by atoms with Crippen molar-refractivity contribution in [3.63, 3.8) is 0 Å². The molecule has 1 N–H and O–H groups in total. The number of hydrogen-bond donors (Lipinski definition) is 1. The Labute approximate surface area is 157 Å². The lowest BCUT2D eigenvalue weighted by atomic mass is 10.0. The molecule has 0 fully saturated rings. The third-order valence-electron chi connectivity index (χ3n) is 4.46. The summed E-state index contributed by atoms with van der Waals surface area (Å²) in [5.41, 5.74) is 5.41. The predicted octanol–water partition coefficient (Wildman–Crippen LogP) is 4.56. The van der Waals surface area contributed by atoms with Crippen LogP contribution in [-0.4, -0.2) is 20.6 Å². The first-order valence-electron chi connectivity index (χ1n) is 8.48. The van der Waals surface area contributed by atoms with E-state index in [1.165, 1.54) is 12.1 Å². The number of pyridine rings is 1. The highest BCUT2D eigenvalue weighted by Gasteiger charge is 2.12. The van der Waals surface area contributed by atoms with Crippen molar-refractivity contribution in [2.45, 2.75) is 20.8 Å². The van der Waals surface area contributed by atoms with Crippen LogP contribution in [0.25, 0.3) is 17.5 Å². The van der Waals surface area contributed by atoms with Crippen molar-refractivity contribution in [3.8, 4) is 11.9 Å². The van der Waals surface area contributed by atoms with Gasteiger partial charge in [0.25, 0.3) is 0 Å². The highest BCUT2D eigenvalue weighted by molar-refractivity contribution is 5.92. The Balaban J connectivity index is 2.04. The van der Waals surface area contributed by atoms with Gasteiger partial charge in [0.2, 0.25) is 0 Å². The van der Waals surface area contributed by atoms with Gasteiger partial charge in [-0.25, -0.2) is 9.78 Å². The van der Waals surface area contributed by atoms with Crippen molar-refractivity contribution >= 4 is 17.6 Å². The third kappa shape index (κ3) is 3.65. The molecule has 0 radical (unpaired) electrons. The standard InChI is InChI=1S/C22H19N3O2/c1-14-8-9-24-21(10-14)25-15(2)11-19(16(25)3)12-20(13-23)17-4-6-18(7-5-17)22(26)27/h4-12H,1-3H3,(H,26,27)/b20-12-. The molecule has 2 heterocycles. The van der Waals surface area contributed by atoms with Crippen molar-refractivity contribution in [2.24, 2.45) is 0 Å². The normalized spacial score (nSPS) is 11.3. The smallest absolute Gasteiger partial charge is 0.335 e. The van der Waals surface area contributed by atoms with Gasteiger partial charge in [0.1, 0.15) is 5.82 Å². The maximum absolute atomic E-state index is 11.0. The maximum Gasteiger partial charge on any atom is 0.335 e. The summed E-state index contributed by atoms with van der Waals surface area (Å²) in [7, 11) is 0. The minimum Gasteiger partial charge on any atom is -0.478 e. The molecule has 5 heteroatoms. The van der Waals surface area contributed by atoms with Gasteiger partial charge in [0.05, 0.1) is 17.2 Å². The van der Waals surface area contributed by atoms with Crippen LogP contribution in [0.3, 0.4) is 0 Å². The maximum atomic E-state index is 11.0. The molecule has 0 spiro atoms. The second-order valence-electron chi connectivity index (χ2n) is 6.41. The second-order valence-corrected chi connectivity index (χ2v) is 6.41. The number of carboxylic acids is 1. The summed E-state index contributed by atoms with van der Waals surface area (Å²) in [4.78, 5) is 15.4. The summed E-state index contributed by atoms with van der Waals surface area (Å²) in [5.74, 6) is -0.146. The van der Waals surface area contributed by atoms with E-state index in [0.29, 0.717) is 11.1 Å². The van der Waals surface area contributed by atoms with Gasteiger partial charge in [0, 0.05) is 17.6 Å². The lowest BCUT2D eigenvalue weighted by molar-refractivity contribution is 0.0697. The Morgan fingerprint density at radius 3 is 2.37 bits per heavy atom. The van der Waals surface area contributed by atoms with Crippen LogP contribution in [0.15, 0.2) is 48.7 Å². The molecule has 2 aromatic heterocycles. The Kier molecular flexibility index (Phi) is 4.91. The predicted molar refractivity (Wildman–Crippen MR) is 105 cm³/mol. The van der Waals surface area contributed by atoms with Gasteiger partial charge in [-0.1, -0.05) is 12.1 Å². The van der Waals surface area contributed by atoms with E-state index < -0.39 is 5.97 Å². The van der Waals surface area contributed by atoms with Crippen LogP contribution in [0.1, 0.15) is 38.4 Å². The number of aromatic nitrogens is 2. The van der Waals surface area contributed by atoms with Gasteiger partial charge >= 0.3 is 5.97 Å². The van der Waals surface area contributed by atoms with Crippen LogP contribution in [-0.2, 0) is 0 Å². The van der Waals surface area contributed by atoms with E-state index in [9.17, 15) is 10.1 Å². The lowest BCUT2D eigenvalue weighted by Gasteiger charge is -2.09. The summed E-state index contributed by atoms with van der Waals surface area (Å²) in [5, 5.41) is 18.6. The first-order chi connectivity index (χ1) is 12.9. The molecule has 0 atom stereocenters. The van der Waals surface area contributed by atoms with Crippen LogP contribution in [0.4, 0.5) is 0 Å². The molecule has 134 valence electrons. The van der Waals surface area contributed by atoms with Crippen molar-refractivity contribution in [1.82, 2.24) is 9.55 Å². The van der Waals surface area contributed by atoms with E-state index >= 15 is 0 Å². The Morgan fingerprint density at radius 2 is 1.78 bits per heavy atom. The molecule has 0 amide bonds. The number of aryl methyl sites for hydroxylation is 2. The Hall–Kier alpha value is -3.65. The third-order valence-corrected chi connectivity index (χ3v) is 4.46. The molecule has 0 aliphatic heterocycles. The number of benzene rings is 1. The minimum absolute atomic E-state index is 0.194. The molecule has 0 unspecified atom stereocenters. The fourth-order valence-electron chi connectivity index (χ4n) is 3.06. The fraction of sp³-hybridized carbons (Fsp3) is 0.136. The molecular weight excluding hydrogens is 338 g/mol. The van der Waals surface area contributed by atoms with Gasteiger partial charge < -0.3 is 9.67 Å². The zero-order valence-corrected chi connectivity index (χ0v) is 15.4. The molecule has 0 saturated carbocycles. The second kappa shape index (κ2) is 7.30. The van der Waals surface area contributed by atoms with Gasteiger partial charge in [-0.05, 0) is 73.9 Å². The van der Waals surface area contributed by atoms with Crippen LogP contribution in [0.5, 0.6) is 0 Å². The van der Waals surface area contributed by atoms with E-state index in [1.807, 2.05) is 45.0 Å². The summed E-state index contributed by atoms with van der Waals surface area (Å²) < 4.78 is 2.06. The van der Waals surface area contributed by atoms with Crippen molar-refractivity contribution in [3.05, 3.63) is 82.3 Å². The van der Waals surface area contributed by atoms with E-state index in [4.69, 9.17) is 5.11 Å². The number of allylic oxidation sites excluding steroid dienone is 1. The quantitative estimate of drug-likeness (QED) is 0.694. The SMILES string of the molecule is Cc1ccnc(-n2c(C)cc(/C=C(/C#N)c3ccc(C(=O)O)cc3)c2C)c1. The first-order valence-corrected chi connectivity index (χ1v) is 8.48. The van der Waals surface area contributed by atoms with Crippen molar-refractivity contribution in [2.75, 3.05) is 0 Å². The molecule has 0 saturated heterocycles. The average Bonchev–Trinajstić information content (AvgIpc) is 2.93. The molecule has 27 heavy (non-hydrogen) atoms. The van der Waals surface area contributed by atoms with E-state index in [0.717, 1.165) is 28.3 Å².